The van der Waals surface area contributed by atoms with Gasteiger partial charge in [-0.25, -0.2) is 13.6 Å². The van der Waals surface area contributed by atoms with Crippen LogP contribution in [0.3, 0.4) is 0 Å². The zero-order chi connectivity index (χ0) is 20.1. The molecule has 0 unspecified atom stereocenters. The van der Waals surface area contributed by atoms with Crippen molar-refractivity contribution in [2.75, 3.05) is 37.6 Å². The number of anilines is 1. The van der Waals surface area contributed by atoms with Crippen LogP contribution in [0.25, 0.3) is 0 Å². The summed E-state index contributed by atoms with van der Waals surface area (Å²) < 4.78 is 29.2. The normalized spacial score (nSPS) is 23.4. The number of benzene rings is 1. The Kier molecular flexibility index (Phi) is 4.54. The van der Waals surface area contributed by atoms with Gasteiger partial charge < -0.3 is 10.2 Å². The van der Waals surface area contributed by atoms with Crippen LogP contribution in [0.5, 0.6) is 0 Å². The maximum atomic E-state index is 14.6. The molecule has 150 valence electrons. The molecule has 28 heavy (non-hydrogen) atoms. The van der Waals surface area contributed by atoms with E-state index in [1.165, 1.54) is 23.1 Å². The van der Waals surface area contributed by atoms with Crippen LogP contribution in [0.2, 0.25) is 5.02 Å². The molecule has 3 aliphatic rings. The van der Waals surface area contributed by atoms with Gasteiger partial charge >= 0.3 is 6.03 Å². The molecule has 3 heterocycles. The minimum absolute atomic E-state index is 0.106. The summed E-state index contributed by atoms with van der Waals surface area (Å²) in [5.74, 6) is -3.89. The minimum Gasteiger partial charge on any atom is -0.333 e. The van der Waals surface area contributed by atoms with Gasteiger partial charge in [-0.3, -0.25) is 19.8 Å². The summed E-state index contributed by atoms with van der Waals surface area (Å²) in [7, 11) is 0. The van der Waals surface area contributed by atoms with Crippen LogP contribution >= 0.6 is 11.6 Å². The molecule has 2 N–H and O–H groups in total. The van der Waals surface area contributed by atoms with Crippen LogP contribution in [-0.4, -0.2) is 61.4 Å². The minimum atomic E-state index is -2.96. The van der Waals surface area contributed by atoms with E-state index < -0.39 is 29.8 Å². The predicted molar refractivity (Wildman–Crippen MR) is 97.7 cm³/mol. The number of piperidine rings is 1. The number of alkyl halides is 2. The summed E-state index contributed by atoms with van der Waals surface area (Å²) in [6.07, 6.45) is 0.338. The van der Waals surface area contributed by atoms with Crippen molar-refractivity contribution >= 4 is 35.1 Å². The number of imide groups is 1. The van der Waals surface area contributed by atoms with E-state index in [1.807, 2.05) is 0 Å². The summed E-state index contributed by atoms with van der Waals surface area (Å²) in [4.78, 5) is 38.7. The fourth-order valence-electron chi connectivity index (χ4n) is 3.88. The quantitative estimate of drug-likeness (QED) is 0.777. The van der Waals surface area contributed by atoms with Gasteiger partial charge in [0.2, 0.25) is 5.91 Å². The molecule has 10 heteroatoms. The number of nitrogens with zero attached hydrogens (tertiary/aromatic N) is 2. The zero-order valence-electron chi connectivity index (χ0n) is 14.9. The monoisotopic (exact) mass is 412 g/mol. The lowest BCUT2D eigenvalue weighted by atomic mass is 9.70. The van der Waals surface area contributed by atoms with E-state index in [4.69, 9.17) is 11.6 Å². The fourth-order valence-corrected chi connectivity index (χ4v) is 4.10. The second kappa shape index (κ2) is 6.66. The number of likely N-dealkylation sites (tertiary alicyclic amines) is 1. The number of nitrogens with one attached hydrogen (secondary N) is 2. The lowest BCUT2D eigenvalue weighted by molar-refractivity contribution is -0.181. The highest BCUT2D eigenvalue weighted by Crippen LogP contribution is 2.46. The molecule has 4 rings (SSSR count). The molecular formula is C18H19ClF2N4O3. The predicted octanol–water partition coefficient (Wildman–Crippen LogP) is 1.86. The smallest absolute Gasteiger partial charge is 0.328 e. The number of urea groups is 1. The van der Waals surface area contributed by atoms with Crippen LogP contribution in [0.1, 0.15) is 23.2 Å². The highest BCUT2D eigenvalue weighted by atomic mass is 35.5. The van der Waals surface area contributed by atoms with Crippen molar-refractivity contribution < 1.29 is 23.2 Å². The van der Waals surface area contributed by atoms with Crippen molar-refractivity contribution in [3.05, 3.63) is 28.8 Å². The molecule has 4 amide bonds. The molecule has 0 radical (unpaired) electrons. The van der Waals surface area contributed by atoms with E-state index in [0.717, 1.165) is 4.90 Å². The number of hydrogen-bond donors (Lipinski definition) is 2. The van der Waals surface area contributed by atoms with E-state index in [0.29, 0.717) is 0 Å². The Labute approximate surface area is 165 Å². The molecule has 3 aliphatic heterocycles. The molecule has 1 aromatic rings. The van der Waals surface area contributed by atoms with Crippen LogP contribution in [-0.2, 0) is 4.79 Å². The Balaban J connectivity index is 1.55. The van der Waals surface area contributed by atoms with Gasteiger partial charge in [0, 0.05) is 38.2 Å². The number of hydrogen-bond acceptors (Lipinski definition) is 4. The van der Waals surface area contributed by atoms with E-state index in [2.05, 4.69) is 10.6 Å². The Bertz CT molecular complexity index is 859. The molecule has 1 aromatic carbocycles. The molecule has 0 aromatic heterocycles. The topological polar surface area (TPSA) is 81.8 Å². The maximum Gasteiger partial charge on any atom is 0.328 e. The molecule has 3 saturated heterocycles. The van der Waals surface area contributed by atoms with Gasteiger partial charge in [0.25, 0.3) is 11.8 Å². The van der Waals surface area contributed by atoms with E-state index in [-0.39, 0.29) is 61.2 Å². The average molecular weight is 413 g/mol. The third-order valence-corrected chi connectivity index (χ3v) is 6.10. The molecule has 0 saturated carbocycles. The summed E-state index contributed by atoms with van der Waals surface area (Å²) in [6.45, 7) is 0.252. The van der Waals surface area contributed by atoms with Crippen molar-refractivity contribution in [3.63, 3.8) is 0 Å². The Hall–Kier alpha value is -2.26. The van der Waals surface area contributed by atoms with Gasteiger partial charge in [-0.05, 0) is 24.6 Å². The Morgan fingerprint density at radius 1 is 1.18 bits per heavy atom. The number of carbonyl (C=O) groups excluding carboxylic acids is 3. The summed E-state index contributed by atoms with van der Waals surface area (Å²) in [6, 6.07) is 3.68. The number of amides is 4. The molecule has 0 atom stereocenters. The standard InChI is InChI=1S/C18H19ClF2N4O3/c19-12-2-1-11(7-13(12)25-5-3-14(26)23-16(25)28)15(27)24-6-4-17(8-22-9-17)18(20,21)10-24/h1-2,7,22H,3-6,8-10H2,(H,23,26,28). The summed E-state index contributed by atoms with van der Waals surface area (Å²) in [5.41, 5.74) is -0.628. The van der Waals surface area contributed by atoms with Gasteiger partial charge in [0.05, 0.1) is 22.7 Å². The first kappa shape index (κ1) is 19.1. The summed E-state index contributed by atoms with van der Waals surface area (Å²) in [5, 5.41) is 5.31. The molecule has 1 spiro atoms. The van der Waals surface area contributed by atoms with Crippen LogP contribution in [0.15, 0.2) is 18.2 Å². The van der Waals surface area contributed by atoms with Crippen molar-refractivity contribution in [1.82, 2.24) is 15.5 Å². The highest BCUT2D eigenvalue weighted by molar-refractivity contribution is 6.34. The van der Waals surface area contributed by atoms with Crippen LogP contribution in [0.4, 0.5) is 19.3 Å². The average Bonchev–Trinajstić information content (AvgIpc) is 2.60. The van der Waals surface area contributed by atoms with E-state index in [1.54, 1.807) is 0 Å². The van der Waals surface area contributed by atoms with Gasteiger partial charge in [-0.15, -0.1) is 0 Å². The van der Waals surface area contributed by atoms with Crippen molar-refractivity contribution in [2.45, 2.75) is 18.8 Å². The molecule has 7 nitrogen and oxygen atoms in total. The first-order valence-electron chi connectivity index (χ1n) is 9.01. The van der Waals surface area contributed by atoms with E-state index >= 15 is 0 Å². The van der Waals surface area contributed by atoms with Gasteiger partial charge in [0.15, 0.2) is 0 Å². The Morgan fingerprint density at radius 3 is 2.54 bits per heavy atom. The largest absolute Gasteiger partial charge is 0.333 e. The van der Waals surface area contributed by atoms with Crippen molar-refractivity contribution in [2.24, 2.45) is 5.41 Å². The number of carbonyl (C=O) groups is 3. The lowest BCUT2D eigenvalue weighted by Crippen LogP contribution is -2.69. The highest BCUT2D eigenvalue weighted by Gasteiger charge is 2.60. The molecule has 0 bridgehead atoms. The first-order valence-corrected chi connectivity index (χ1v) is 9.39. The molecule has 3 fully saturated rings. The van der Waals surface area contributed by atoms with Gasteiger partial charge in [-0.2, -0.15) is 0 Å². The summed E-state index contributed by atoms with van der Waals surface area (Å²) >= 11 is 6.17. The molecular weight excluding hydrogens is 394 g/mol. The maximum absolute atomic E-state index is 14.6. The van der Waals surface area contributed by atoms with Crippen LogP contribution < -0.4 is 15.5 Å². The van der Waals surface area contributed by atoms with Gasteiger partial charge in [0.1, 0.15) is 0 Å². The first-order chi connectivity index (χ1) is 13.2. The van der Waals surface area contributed by atoms with Crippen LogP contribution in [0, 0.1) is 5.41 Å². The second-order valence-electron chi connectivity index (χ2n) is 7.49. The van der Waals surface area contributed by atoms with E-state index in [9.17, 15) is 23.2 Å². The Morgan fingerprint density at radius 2 is 1.93 bits per heavy atom. The van der Waals surface area contributed by atoms with Gasteiger partial charge in [-0.1, -0.05) is 11.6 Å². The van der Waals surface area contributed by atoms with Crippen molar-refractivity contribution in [3.8, 4) is 0 Å². The number of halogens is 3. The third kappa shape index (κ3) is 3.02. The third-order valence-electron chi connectivity index (χ3n) is 5.78. The zero-order valence-corrected chi connectivity index (χ0v) is 15.7. The lowest BCUT2D eigenvalue weighted by Gasteiger charge is -2.52. The fraction of sp³-hybridized carbons (Fsp3) is 0.500. The second-order valence-corrected chi connectivity index (χ2v) is 7.89. The number of rotatable bonds is 2. The molecule has 0 aliphatic carbocycles. The SMILES string of the molecule is O=C1CCN(c2cc(C(=O)N3CCC4(CNC4)C(F)(F)C3)ccc2Cl)C(=O)N1. The van der Waals surface area contributed by atoms with Crippen molar-refractivity contribution in [1.29, 1.82) is 0 Å².